The monoisotopic (exact) mass is 284 g/mol. The minimum atomic E-state index is -0.911. The van der Waals surface area contributed by atoms with E-state index in [9.17, 15) is 14.4 Å². The van der Waals surface area contributed by atoms with E-state index in [1.807, 2.05) is 6.92 Å². The van der Waals surface area contributed by atoms with Crippen molar-refractivity contribution in [1.82, 2.24) is 10.2 Å². The third kappa shape index (κ3) is 5.59. The van der Waals surface area contributed by atoms with Gasteiger partial charge in [-0.3, -0.25) is 14.4 Å². The van der Waals surface area contributed by atoms with Gasteiger partial charge in [-0.25, -0.2) is 0 Å². The number of hydrogen-bond donors (Lipinski definition) is 2. The van der Waals surface area contributed by atoms with Gasteiger partial charge in [-0.05, 0) is 19.8 Å². The topological polar surface area (TPSA) is 86.7 Å². The van der Waals surface area contributed by atoms with E-state index >= 15 is 0 Å². The quantitative estimate of drug-likeness (QED) is 0.696. The summed E-state index contributed by atoms with van der Waals surface area (Å²) in [5, 5.41) is 11.4. The van der Waals surface area contributed by atoms with Gasteiger partial charge in [0.05, 0.1) is 6.42 Å². The highest BCUT2D eigenvalue weighted by atomic mass is 16.4. The Kier molecular flexibility index (Phi) is 7.04. The molecule has 2 amide bonds. The Labute approximate surface area is 119 Å². The number of hydrogen-bond acceptors (Lipinski definition) is 3. The first kappa shape index (κ1) is 16.5. The maximum atomic E-state index is 11.9. The first-order valence-corrected chi connectivity index (χ1v) is 7.31. The Morgan fingerprint density at radius 1 is 1.20 bits per heavy atom. The number of nitrogens with zero attached hydrogens (tertiary/aromatic N) is 1. The molecule has 0 aromatic carbocycles. The molecule has 0 atom stereocenters. The molecule has 0 saturated heterocycles. The first-order chi connectivity index (χ1) is 9.54. The van der Waals surface area contributed by atoms with Gasteiger partial charge in [-0.2, -0.15) is 0 Å². The summed E-state index contributed by atoms with van der Waals surface area (Å²) in [5.74, 6) is -0.866. The van der Waals surface area contributed by atoms with E-state index in [1.165, 1.54) is 4.90 Å². The number of rotatable bonds is 8. The number of carboxylic acids is 1. The minimum absolute atomic E-state index is 0.0453. The molecule has 0 radical (unpaired) electrons. The van der Waals surface area contributed by atoms with Crippen LogP contribution < -0.4 is 5.32 Å². The van der Waals surface area contributed by atoms with Crippen LogP contribution in [0.2, 0.25) is 0 Å². The summed E-state index contributed by atoms with van der Waals surface area (Å²) in [5.41, 5.74) is 0. The molecular weight excluding hydrogens is 260 g/mol. The summed E-state index contributed by atoms with van der Waals surface area (Å²) in [7, 11) is 0. The van der Waals surface area contributed by atoms with E-state index in [4.69, 9.17) is 5.11 Å². The van der Waals surface area contributed by atoms with Crippen molar-refractivity contribution in [2.75, 3.05) is 19.6 Å². The van der Waals surface area contributed by atoms with Gasteiger partial charge < -0.3 is 15.3 Å². The normalized spacial score (nSPS) is 15.1. The van der Waals surface area contributed by atoms with Crippen LogP contribution in [-0.4, -0.2) is 47.4 Å². The van der Waals surface area contributed by atoms with Crippen LogP contribution in [0.3, 0.4) is 0 Å². The Balaban J connectivity index is 2.23. The number of amides is 2. The molecule has 0 heterocycles. The lowest BCUT2D eigenvalue weighted by molar-refractivity contribution is -0.138. The summed E-state index contributed by atoms with van der Waals surface area (Å²) in [6.07, 6.45) is 4.28. The van der Waals surface area contributed by atoms with Crippen LogP contribution in [-0.2, 0) is 14.4 Å². The minimum Gasteiger partial charge on any atom is -0.481 e. The van der Waals surface area contributed by atoms with Crippen molar-refractivity contribution in [1.29, 1.82) is 0 Å². The summed E-state index contributed by atoms with van der Waals surface area (Å²) in [6, 6.07) is 0. The molecule has 0 aliphatic heterocycles. The fourth-order valence-electron chi connectivity index (χ4n) is 2.47. The van der Waals surface area contributed by atoms with E-state index in [0.29, 0.717) is 13.1 Å². The maximum Gasteiger partial charge on any atom is 0.305 e. The van der Waals surface area contributed by atoms with Gasteiger partial charge in [0.15, 0.2) is 0 Å². The second-order valence-electron chi connectivity index (χ2n) is 5.14. The molecular formula is C14H24N2O4. The van der Waals surface area contributed by atoms with Crippen molar-refractivity contribution < 1.29 is 19.5 Å². The van der Waals surface area contributed by atoms with Crippen LogP contribution in [0.1, 0.15) is 45.4 Å². The third-order valence-electron chi connectivity index (χ3n) is 3.69. The van der Waals surface area contributed by atoms with E-state index in [2.05, 4.69) is 5.32 Å². The van der Waals surface area contributed by atoms with Crippen molar-refractivity contribution in [2.45, 2.75) is 45.4 Å². The number of aliphatic carboxylic acids is 1. The number of carbonyl (C=O) groups is 3. The fourth-order valence-corrected chi connectivity index (χ4v) is 2.47. The molecule has 1 fully saturated rings. The second-order valence-corrected chi connectivity index (χ2v) is 5.14. The van der Waals surface area contributed by atoms with Crippen LogP contribution >= 0.6 is 0 Å². The van der Waals surface area contributed by atoms with Crippen LogP contribution in [0, 0.1) is 5.92 Å². The highest BCUT2D eigenvalue weighted by Crippen LogP contribution is 2.24. The lowest BCUT2D eigenvalue weighted by Gasteiger charge is -2.20. The molecule has 6 heteroatoms. The highest BCUT2D eigenvalue weighted by molar-refractivity contribution is 5.81. The average Bonchev–Trinajstić information content (AvgIpc) is 2.93. The van der Waals surface area contributed by atoms with Gasteiger partial charge >= 0.3 is 5.97 Å². The Morgan fingerprint density at radius 3 is 2.40 bits per heavy atom. The summed E-state index contributed by atoms with van der Waals surface area (Å²) in [4.78, 5) is 35.6. The lowest BCUT2D eigenvalue weighted by Crippen LogP contribution is -2.37. The van der Waals surface area contributed by atoms with Crippen LogP contribution in [0.4, 0.5) is 0 Å². The Hall–Kier alpha value is -1.59. The SMILES string of the molecule is CCN(CCC(=O)O)C(=O)CCNC(=O)C1CCCC1. The maximum absolute atomic E-state index is 11.9. The molecule has 0 unspecified atom stereocenters. The van der Waals surface area contributed by atoms with Crippen molar-refractivity contribution in [3.05, 3.63) is 0 Å². The fraction of sp³-hybridized carbons (Fsp3) is 0.786. The molecule has 114 valence electrons. The zero-order chi connectivity index (χ0) is 15.0. The van der Waals surface area contributed by atoms with E-state index in [-0.39, 0.29) is 37.1 Å². The molecule has 1 aliphatic carbocycles. The first-order valence-electron chi connectivity index (χ1n) is 7.31. The molecule has 1 saturated carbocycles. The summed E-state index contributed by atoms with van der Waals surface area (Å²) < 4.78 is 0. The van der Waals surface area contributed by atoms with Crippen LogP contribution in [0.15, 0.2) is 0 Å². The third-order valence-corrected chi connectivity index (χ3v) is 3.69. The molecule has 2 N–H and O–H groups in total. The molecule has 0 bridgehead atoms. The average molecular weight is 284 g/mol. The molecule has 1 rings (SSSR count). The van der Waals surface area contributed by atoms with E-state index in [1.54, 1.807) is 0 Å². The molecule has 20 heavy (non-hydrogen) atoms. The zero-order valence-electron chi connectivity index (χ0n) is 12.1. The van der Waals surface area contributed by atoms with Crippen LogP contribution in [0.25, 0.3) is 0 Å². The number of nitrogens with one attached hydrogen (secondary N) is 1. The molecule has 0 aromatic heterocycles. The molecule has 1 aliphatic rings. The van der Waals surface area contributed by atoms with Gasteiger partial charge in [0.1, 0.15) is 0 Å². The van der Waals surface area contributed by atoms with Crippen molar-refractivity contribution in [3.8, 4) is 0 Å². The van der Waals surface area contributed by atoms with Crippen LogP contribution in [0.5, 0.6) is 0 Å². The predicted octanol–water partition coefficient (Wildman–Crippen LogP) is 1.01. The van der Waals surface area contributed by atoms with Crippen molar-refractivity contribution in [2.24, 2.45) is 5.92 Å². The molecule has 0 aromatic rings. The van der Waals surface area contributed by atoms with Crippen molar-refractivity contribution >= 4 is 17.8 Å². The summed E-state index contributed by atoms with van der Waals surface area (Å²) >= 11 is 0. The Morgan fingerprint density at radius 2 is 1.85 bits per heavy atom. The standard InChI is InChI=1S/C14H24N2O4/c1-2-16(10-8-13(18)19)12(17)7-9-15-14(20)11-5-3-4-6-11/h11H,2-10H2,1H3,(H,15,20)(H,18,19). The van der Waals surface area contributed by atoms with Gasteiger partial charge in [0, 0.05) is 32.0 Å². The second kappa shape index (κ2) is 8.55. The largest absolute Gasteiger partial charge is 0.481 e. The van der Waals surface area contributed by atoms with Gasteiger partial charge in [-0.1, -0.05) is 12.8 Å². The predicted molar refractivity (Wildman–Crippen MR) is 74.1 cm³/mol. The molecule has 0 spiro atoms. The molecule has 6 nitrogen and oxygen atoms in total. The van der Waals surface area contributed by atoms with Gasteiger partial charge in [0.2, 0.25) is 11.8 Å². The smallest absolute Gasteiger partial charge is 0.305 e. The van der Waals surface area contributed by atoms with Crippen molar-refractivity contribution in [3.63, 3.8) is 0 Å². The number of carbonyl (C=O) groups excluding carboxylic acids is 2. The lowest BCUT2D eigenvalue weighted by atomic mass is 10.1. The van der Waals surface area contributed by atoms with Gasteiger partial charge in [0.25, 0.3) is 0 Å². The Bertz CT molecular complexity index is 351. The zero-order valence-corrected chi connectivity index (χ0v) is 12.1. The van der Waals surface area contributed by atoms with E-state index < -0.39 is 5.97 Å². The van der Waals surface area contributed by atoms with Gasteiger partial charge in [-0.15, -0.1) is 0 Å². The summed E-state index contributed by atoms with van der Waals surface area (Å²) in [6.45, 7) is 2.86. The van der Waals surface area contributed by atoms with E-state index in [0.717, 1.165) is 25.7 Å². The highest BCUT2D eigenvalue weighted by Gasteiger charge is 2.22. The number of carboxylic acid groups (broad SMARTS) is 1.